The molecule has 1 aliphatic rings. The van der Waals surface area contributed by atoms with Crippen molar-refractivity contribution in [3.05, 3.63) is 59.7 Å². The number of benzene rings is 2. The van der Waals surface area contributed by atoms with E-state index in [1.807, 2.05) is 42.5 Å². The molecular formula is C18H20O2. The van der Waals surface area contributed by atoms with Crippen LogP contribution in [0.5, 0.6) is 11.5 Å². The predicted octanol–water partition coefficient (Wildman–Crippen LogP) is 4.48. The molecule has 0 bridgehead atoms. The molecule has 0 radical (unpaired) electrons. The maximum Gasteiger partial charge on any atom is 0.127 e. The zero-order valence-corrected chi connectivity index (χ0v) is 11.8. The Bertz CT molecular complexity index is 577. The van der Waals surface area contributed by atoms with Gasteiger partial charge in [0, 0.05) is 0 Å². The molecule has 2 heteroatoms. The molecular weight excluding hydrogens is 248 g/mol. The minimum atomic E-state index is -0.373. The topological polar surface area (TPSA) is 29.5 Å². The van der Waals surface area contributed by atoms with E-state index >= 15 is 0 Å². The van der Waals surface area contributed by atoms with E-state index in [0.29, 0.717) is 5.92 Å². The van der Waals surface area contributed by atoms with Crippen molar-refractivity contribution in [2.45, 2.75) is 32.3 Å². The van der Waals surface area contributed by atoms with Gasteiger partial charge in [0.05, 0.1) is 6.10 Å². The molecule has 1 N–H and O–H groups in total. The van der Waals surface area contributed by atoms with Gasteiger partial charge in [0.2, 0.25) is 0 Å². The second-order valence-electron chi connectivity index (χ2n) is 5.67. The summed E-state index contributed by atoms with van der Waals surface area (Å²) in [6.07, 6.45) is 2.64. The summed E-state index contributed by atoms with van der Waals surface area (Å²) in [5.41, 5.74) is 2.28. The van der Waals surface area contributed by atoms with E-state index in [9.17, 15) is 5.11 Å². The first-order chi connectivity index (χ1) is 9.72. The van der Waals surface area contributed by atoms with E-state index in [4.69, 9.17) is 4.74 Å². The van der Waals surface area contributed by atoms with Gasteiger partial charge in [-0.15, -0.1) is 0 Å². The van der Waals surface area contributed by atoms with Crippen LogP contribution in [0.25, 0.3) is 0 Å². The smallest absolute Gasteiger partial charge is 0.127 e. The monoisotopic (exact) mass is 268 g/mol. The van der Waals surface area contributed by atoms with Crippen LogP contribution in [-0.4, -0.2) is 5.11 Å². The van der Waals surface area contributed by atoms with Gasteiger partial charge in [-0.25, -0.2) is 0 Å². The number of aliphatic hydroxyl groups is 1. The summed E-state index contributed by atoms with van der Waals surface area (Å²) >= 11 is 0. The van der Waals surface area contributed by atoms with Crippen LogP contribution in [0.4, 0.5) is 0 Å². The number of para-hydroxylation sites is 1. The average molecular weight is 268 g/mol. The Hall–Kier alpha value is -1.80. The summed E-state index contributed by atoms with van der Waals surface area (Å²) < 4.78 is 5.85. The lowest BCUT2D eigenvalue weighted by atomic mass is 9.99. The molecule has 1 aliphatic carbocycles. The number of aliphatic hydroxyl groups excluding tert-OH is 1. The number of hydrogen-bond acceptors (Lipinski definition) is 2. The van der Waals surface area contributed by atoms with Crippen LogP contribution in [0.15, 0.2) is 48.5 Å². The van der Waals surface area contributed by atoms with Gasteiger partial charge < -0.3 is 9.84 Å². The van der Waals surface area contributed by atoms with Crippen molar-refractivity contribution in [1.29, 1.82) is 0 Å². The third-order valence-electron chi connectivity index (χ3n) is 3.99. The standard InChI is InChI=1S/C18H20O2/c1-13-7-8-14-9-10-16(12-17(14)18(19)11-13)20-15-5-3-2-4-6-15/h2-6,9-10,12-13,18-19H,7-8,11H2,1H3. The molecule has 0 aromatic heterocycles. The Balaban J connectivity index is 1.87. The van der Waals surface area contributed by atoms with Crippen molar-refractivity contribution in [3.8, 4) is 11.5 Å². The third kappa shape index (κ3) is 2.86. The molecule has 2 aromatic rings. The lowest BCUT2D eigenvalue weighted by Gasteiger charge is -2.15. The van der Waals surface area contributed by atoms with E-state index in [1.54, 1.807) is 0 Å². The molecule has 0 heterocycles. The zero-order valence-electron chi connectivity index (χ0n) is 11.8. The van der Waals surface area contributed by atoms with Crippen LogP contribution in [0.3, 0.4) is 0 Å². The zero-order chi connectivity index (χ0) is 13.9. The molecule has 104 valence electrons. The first-order valence-electron chi connectivity index (χ1n) is 7.26. The second-order valence-corrected chi connectivity index (χ2v) is 5.67. The fourth-order valence-corrected chi connectivity index (χ4v) is 2.83. The first-order valence-corrected chi connectivity index (χ1v) is 7.26. The SMILES string of the molecule is CC1CCc2ccc(Oc3ccccc3)cc2C(O)C1. The lowest BCUT2D eigenvalue weighted by molar-refractivity contribution is 0.149. The predicted molar refractivity (Wildman–Crippen MR) is 80.0 cm³/mol. The van der Waals surface area contributed by atoms with Crippen LogP contribution in [0.2, 0.25) is 0 Å². The van der Waals surface area contributed by atoms with Crippen LogP contribution >= 0.6 is 0 Å². The highest BCUT2D eigenvalue weighted by Gasteiger charge is 2.21. The summed E-state index contributed by atoms with van der Waals surface area (Å²) in [5.74, 6) is 2.18. The van der Waals surface area contributed by atoms with Gasteiger partial charge in [0.25, 0.3) is 0 Å². The highest BCUT2D eigenvalue weighted by atomic mass is 16.5. The third-order valence-corrected chi connectivity index (χ3v) is 3.99. The molecule has 0 spiro atoms. The van der Waals surface area contributed by atoms with E-state index in [-0.39, 0.29) is 6.10 Å². The Morgan fingerprint density at radius 3 is 2.65 bits per heavy atom. The second kappa shape index (κ2) is 5.68. The van der Waals surface area contributed by atoms with Gasteiger partial charge in [-0.3, -0.25) is 0 Å². The summed E-state index contributed by atoms with van der Waals surface area (Å²) in [5, 5.41) is 10.3. The maximum atomic E-state index is 10.3. The summed E-state index contributed by atoms with van der Waals surface area (Å²) in [6, 6.07) is 15.8. The largest absolute Gasteiger partial charge is 0.457 e. The number of fused-ring (bicyclic) bond motifs is 1. The van der Waals surface area contributed by atoms with Gasteiger partial charge in [-0.05, 0) is 60.6 Å². The highest BCUT2D eigenvalue weighted by Crippen LogP contribution is 2.34. The molecule has 0 aliphatic heterocycles. The van der Waals surface area contributed by atoms with Gasteiger partial charge in [0.15, 0.2) is 0 Å². The van der Waals surface area contributed by atoms with Gasteiger partial charge in [-0.1, -0.05) is 31.2 Å². The minimum Gasteiger partial charge on any atom is -0.457 e. The van der Waals surface area contributed by atoms with E-state index < -0.39 is 0 Å². The molecule has 2 unspecified atom stereocenters. The Morgan fingerprint density at radius 1 is 1.05 bits per heavy atom. The van der Waals surface area contributed by atoms with Crippen molar-refractivity contribution in [1.82, 2.24) is 0 Å². The molecule has 2 aromatic carbocycles. The van der Waals surface area contributed by atoms with Crippen molar-refractivity contribution in [2.24, 2.45) is 5.92 Å². The molecule has 2 nitrogen and oxygen atoms in total. The van der Waals surface area contributed by atoms with Crippen LogP contribution < -0.4 is 4.74 Å². The van der Waals surface area contributed by atoms with Gasteiger partial charge in [-0.2, -0.15) is 0 Å². The van der Waals surface area contributed by atoms with Crippen molar-refractivity contribution in [2.75, 3.05) is 0 Å². The molecule has 2 atom stereocenters. The summed E-state index contributed by atoms with van der Waals surface area (Å²) in [6.45, 7) is 2.20. The summed E-state index contributed by atoms with van der Waals surface area (Å²) in [4.78, 5) is 0. The van der Waals surface area contributed by atoms with Crippen molar-refractivity contribution in [3.63, 3.8) is 0 Å². The number of hydrogen-bond donors (Lipinski definition) is 1. The van der Waals surface area contributed by atoms with E-state index in [2.05, 4.69) is 13.0 Å². The van der Waals surface area contributed by atoms with E-state index in [0.717, 1.165) is 36.3 Å². The van der Waals surface area contributed by atoms with Crippen LogP contribution in [-0.2, 0) is 6.42 Å². The quantitative estimate of drug-likeness (QED) is 0.813. The van der Waals surface area contributed by atoms with Crippen LogP contribution in [0.1, 0.15) is 37.0 Å². The van der Waals surface area contributed by atoms with Crippen molar-refractivity contribution >= 4 is 0 Å². The number of aryl methyl sites for hydroxylation is 1. The lowest BCUT2D eigenvalue weighted by Crippen LogP contribution is -2.02. The molecule has 0 saturated carbocycles. The number of ether oxygens (including phenoxy) is 1. The molecule has 20 heavy (non-hydrogen) atoms. The minimum absolute atomic E-state index is 0.373. The van der Waals surface area contributed by atoms with Crippen LogP contribution in [0, 0.1) is 5.92 Å². The fourth-order valence-electron chi connectivity index (χ4n) is 2.83. The van der Waals surface area contributed by atoms with Gasteiger partial charge in [0.1, 0.15) is 11.5 Å². The normalized spacial score (nSPS) is 21.9. The fraction of sp³-hybridized carbons (Fsp3) is 0.333. The Morgan fingerprint density at radius 2 is 1.85 bits per heavy atom. The van der Waals surface area contributed by atoms with E-state index in [1.165, 1.54) is 5.56 Å². The molecule has 0 fully saturated rings. The molecule has 0 amide bonds. The Kier molecular flexibility index (Phi) is 3.75. The number of rotatable bonds is 2. The van der Waals surface area contributed by atoms with Gasteiger partial charge >= 0.3 is 0 Å². The Labute approximate surface area is 120 Å². The molecule has 0 saturated heterocycles. The highest BCUT2D eigenvalue weighted by molar-refractivity contribution is 5.40. The summed E-state index contributed by atoms with van der Waals surface area (Å²) in [7, 11) is 0. The maximum absolute atomic E-state index is 10.3. The average Bonchev–Trinajstić information content (AvgIpc) is 2.59. The molecule has 3 rings (SSSR count). The van der Waals surface area contributed by atoms with Crippen molar-refractivity contribution < 1.29 is 9.84 Å². The first kappa shape index (κ1) is 13.2.